The van der Waals surface area contributed by atoms with Gasteiger partial charge in [-0.2, -0.15) is 0 Å². The van der Waals surface area contributed by atoms with Crippen LogP contribution in [0.3, 0.4) is 0 Å². The van der Waals surface area contributed by atoms with Gasteiger partial charge in [0.15, 0.2) is 0 Å². The van der Waals surface area contributed by atoms with Crippen LogP contribution in [0.2, 0.25) is 0 Å². The predicted molar refractivity (Wildman–Crippen MR) is 98.1 cm³/mol. The smallest absolute Gasteiger partial charge is 0.253 e. The summed E-state index contributed by atoms with van der Waals surface area (Å²) >= 11 is 0. The second kappa shape index (κ2) is 8.75. The largest absolute Gasteiger partial charge is 0.352 e. The average Bonchev–Trinajstić information content (AvgIpc) is 2.78. The monoisotopic (exact) mass is 335 g/mol. The first-order chi connectivity index (χ1) is 10.5. The molecule has 1 heterocycles. The number of benzene rings is 1. The summed E-state index contributed by atoms with van der Waals surface area (Å²) in [5.41, 5.74) is 5.12. The quantitative estimate of drug-likeness (QED) is 0.796. The summed E-state index contributed by atoms with van der Waals surface area (Å²) < 4.78 is 2.13. The van der Waals surface area contributed by atoms with Crippen LogP contribution < -0.4 is 10.6 Å². The van der Waals surface area contributed by atoms with Crippen molar-refractivity contribution in [2.24, 2.45) is 0 Å². The van der Waals surface area contributed by atoms with E-state index in [1.807, 2.05) is 33.0 Å². The molecule has 1 amide bonds. The number of nitrogens with zero attached hydrogens (tertiary/aromatic N) is 1. The van der Waals surface area contributed by atoms with E-state index in [1.54, 1.807) is 0 Å². The third-order valence-corrected chi connectivity index (χ3v) is 3.82. The fourth-order valence-electron chi connectivity index (χ4n) is 2.72. The van der Waals surface area contributed by atoms with E-state index < -0.39 is 0 Å². The second-order valence-electron chi connectivity index (χ2n) is 5.67. The molecule has 2 N–H and O–H groups in total. The SMILES string of the molecule is CNCCCNC(=O)c1cc(C)n(-c2cccc(C)c2)c1C.Cl. The van der Waals surface area contributed by atoms with Crippen molar-refractivity contribution in [3.05, 3.63) is 52.8 Å². The molecule has 2 rings (SSSR count). The van der Waals surface area contributed by atoms with Crippen molar-refractivity contribution in [2.45, 2.75) is 27.2 Å². The first kappa shape index (κ1) is 19.3. The third-order valence-electron chi connectivity index (χ3n) is 3.82. The molecule has 0 radical (unpaired) electrons. The zero-order chi connectivity index (χ0) is 16.1. The van der Waals surface area contributed by atoms with Crippen LogP contribution in [0.25, 0.3) is 5.69 Å². The summed E-state index contributed by atoms with van der Waals surface area (Å²) in [6, 6.07) is 10.3. The van der Waals surface area contributed by atoms with E-state index in [0.717, 1.165) is 35.6 Å². The van der Waals surface area contributed by atoms with Crippen LogP contribution in [-0.4, -0.2) is 30.6 Å². The van der Waals surface area contributed by atoms with Crippen LogP contribution in [0.4, 0.5) is 0 Å². The lowest BCUT2D eigenvalue weighted by Crippen LogP contribution is -2.26. The number of hydrogen-bond donors (Lipinski definition) is 2. The van der Waals surface area contributed by atoms with Gasteiger partial charge in [0.25, 0.3) is 5.91 Å². The molecule has 0 aliphatic rings. The molecule has 5 heteroatoms. The summed E-state index contributed by atoms with van der Waals surface area (Å²) in [6.07, 6.45) is 0.929. The Bertz CT molecular complexity index is 664. The maximum Gasteiger partial charge on any atom is 0.253 e. The van der Waals surface area contributed by atoms with Crippen LogP contribution in [0.5, 0.6) is 0 Å². The number of aryl methyl sites for hydroxylation is 2. The molecule has 2 aromatic rings. The molecular weight excluding hydrogens is 310 g/mol. The Morgan fingerprint density at radius 1 is 1.13 bits per heavy atom. The van der Waals surface area contributed by atoms with Gasteiger partial charge in [-0.3, -0.25) is 4.79 Å². The molecule has 0 saturated heterocycles. The molecule has 23 heavy (non-hydrogen) atoms. The minimum atomic E-state index is 0. The van der Waals surface area contributed by atoms with Crippen LogP contribution >= 0.6 is 12.4 Å². The minimum Gasteiger partial charge on any atom is -0.352 e. The Balaban J connectivity index is 0.00000264. The summed E-state index contributed by atoms with van der Waals surface area (Å²) in [4.78, 5) is 12.3. The summed E-state index contributed by atoms with van der Waals surface area (Å²) in [7, 11) is 1.91. The topological polar surface area (TPSA) is 46.1 Å². The normalized spacial score (nSPS) is 10.3. The van der Waals surface area contributed by atoms with Gasteiger partial charge < -0.3 is 15.2 Å². The molecule has 0 unspecified atom stereocenters. The van der Waals surface area contributed by atoms with Crippen LogP contribution in [0.15, 0.2) is 30.3 Å². The fourth-order valence-corrected chi connectivity index (χ4v) is 2.72. The number of nitrogens with one attached hydrogen (secondary N) is 2. The van der Waals surface area contributed by atoms with Crippen molar-refractivity contribution in [2.75, 3.05) is 20.1 Å². The Labute approximate surface area is 144 Å². The van der Waals surface area contributed by atoms with E-state index in [0.29, 0.717) is 6.54 Å². The standard InChI is InChI=1S/C18H25N3O.ClH/c1-13-7-5-8-16(11-13)21-14(2)12-17(15(21)3)18(22)20-10-6-9-19-4;/h5,7-8,11-12,19H,6,9-10H2,1-4H3,(H,20,22);1H. The molecule has 0 atom stereocenters. The lowest BCUT2D eigenvalue weighted by molar-refractivity contribution is 0.0952. The van der Waals surface area contributed by atoms with Gasteiger partial charge >= 0.3 is 0 Å². The maximum absolute atomic E-state index is 12.3. The third kappa shape index (κ3) is 4.60. The highest BCUT2D eigenvalue weighted by Crippen LogP contribution is 2.21. The molecule has 0 spiro atoms. The van der Waals surface area contributed by atoms with Crippen molar-refractivity contribution in [3.8, 4) is 5.69 Å². The summed E-state index contributed by atoms with van der Waals surface area (Å²) in [5.74, 6) is 0.00288. The van der Waals surface area contributed by atoms with E-state index >= 15 is 0 Å². The number of hydrogen-bond acceptors (Lipinski definition) is 2. The van der Waals surface area contributed by atoms with Gasteiger partial charge in [-0.15, -0.1) is 12.4 Å². The highest BCUT2D eigenvalue weighted by Gasteiger charge is 2.16. The van der Waals surface area contributed by atoms with Crippen LogP contribution in [0.1, 0.15) is 33.7 Å². The second-order valence-corrected chi connectivity index (χ2v) is 5.67. The lowest BCUT2D eigenvalue weighted by Gasteiger charge is -2.11. The number of carbonyl (C=O) groups excluding carboxylic acids is 1. The van der Waals surface area contributed by atoms with Crippen LogP contribution in [0, 0.1) is 20.8 Å². The Morgan fingerprint density at radius 2 is 1.87 bits per heavy atom. The Hall–Kier alpha value is -1.78. The van der Waals surface area contributed by atoms with Gasteiger partial charge in [-0.25, -0.2) is 0 Å². The number of aromatic nitrogens is 1. The van der Waals surface area contributed by atoms with Gasteiger partial charge in [-0.05, 0) is 64.5 Å². The number of halogens is 1. The van der Waals surface area contributed by atoms with E-state index in [4.69, 9.17) is 0 Å². The van der Waals surface area contributed by atoms with Gasteiger partial charge in [0.05, 0.1) is 5.56 Å². The Kier molecular flexibility index (Phi) is 7.33. The summed E-state index contributed by atoms with van der Waals surface area (Å²) in [5, 5.41) is 6.06. The Morgan fingerprint density at radius 3 is 2.52 bits per heavy atom. The van der Waals surface area contributed by atoms with Crippen LogP contribution in [-0.2, 0) is 0 Å². The highest BCUT2D eigenvalue weighted by molar-refractivity contribution is 5.95. The van der Waals surface area contributed by atoms with Crippen molar-refractivity contribution < 1.29 is 4.79 Å². The molecule has 0 bridgehead atoms. The molecule has 1 aromatic heterocycles. The summed E-state index contributed by atoms with van der Waals surface area (Å²) in [6.45, 7) is 7.70. The molecular formula is C18H26ClN3O. The number of rotatable bonds is 6. The lowest BCUT2D eigenvalue weighted by atomic mass is 10.2. The molecule has 126 valence electrons. The molecule has 0 saturated carbocycles. The van der Waals surface area contributed by atoms with E-state index in [2.05, 4.69) is 40.3 Å². The first-order valence-electron chi connectivity index (χ1n) is 7.73. The highest BCUT2D eigenvalue weighted by atomic mass is 35.5. The molecule has 0 aliphatic carbocycles. The van der Waals surface area contributed by atoms with Gasteiger partial charge in [0.1, 0.15) is 0 Å². The zero-order valence-electron chi connectivity index (χ0n) is 14.3. The molecule has 1 aromatic carbocycles. The molecule has 0 aliphatic heterocycles. The van der Waals surface area contributed by atoms with E-state index in [1.165, 1.54) is 5.56 Å². The van der Waals surface area contributed by atoms with Gasteiger partial charge in [0.2, 0.25) is 0 Å². The predicted octanol–water partition coefficient (Wildman–Crippen LogP) is 3.16. The fraction of sp³-hybridized carbons (Fsp3) is 0.389. The number of carbonyl (C=O) groups is 1. The molecule has 0 fully saturated rings. The van der Waals surface area contributed by atoms with Crippen molar-refractivity contribution in [1.29, 1.82) is 0 Å². The average molecular weight is 336 g/mol. The van der Waals surface area contributed by atoms with Crippen molar-refractivity contribution in [1.82, 2.24) is 15.2 Å². The maximum atomic E-state index is 12.3. The first-order valence-corrected chi connectivity index (χ1v) is 7.73. The van der Waals surface area contributed by atoms with E-state index in [9.17, 15) is 4.79 Å². The molecule has 4 nitrogen and oxygen atoms in total. The minimum absolute atomic E-state index is 0. The van der Waals surface area contributed by atoms with Gasteiger partial charge in [0, 0.05) is 23.6 Å². The number of amides is 1. The van der Waals surface area contributed by atoms with Crippen molar-refractivity contribution in [3.63, 3.8) is 0 Å². The van der Waals surface area contributed by atoms with Crippen molar-refractivity contribution >= 4 is 18.3 Å². The van der Waals surface area contributed by atoms with E-state index in [-0.39, 0.29) is 18.3 Å². The zero-order valence-corrected chi connectivity index (χ0v) is 15.1. The van der Waals surface area contributed by atoms with Gasteiger partial charge in [-0.1, -0.05) is 12.1 Å².